The van der Waals surface area contributed by atoms with Crippen LogP contribution in [0.5, 0.6) is 0 Å². The van der Waals surface area contributed by atoms with Crippen LogP contribution in [0.4, 0.5) is 5.82 Å². The number of aromatic nitrogens is 2. The standard InChI is InChI=1S/C15H15N3O2/c1-20-15(19)13-8-16-9-14(18-13)17-7-11-6-10-4-2-3-5-12(10)11/h2-5,8-9,11H,6-7H2,1H3,(H,17,18). The lowest BCUT2D eigenvalue weighted by molar-refractivity contribution is 0.0593. The largest absolute Gasteiger partial charge is 0.464 e. The number of rotatable bonds is 4. The van der Waals surface area contributed by atoms with Crippen molar-refractivity contribution in [2.24, 2.45) is 0 Å². The Labute approximate surface area is 117 Å². The topological polar surface area (TPSA) is 64.1 Å². The Hall–Kier alpha value is -2.43. The summed E-state index contributed by atoms with van der Waals surface area (Å²) < 4.78 is 4.63. The first-order chi connectivity index (χ1) is 9.78. The van der Waals surface area contributed by atoms with Gasteiger partial charge in [-0.05, 0) is 17.5 Å². The molecule has 1 heterocycles. The molecule has 5 nitrogen and oxygen atoms in total. The molecular formula is C15H15N3O2. The van der Waals surface area contributed by atoms with E-state index >= 15 is 0 Å². The average molecular weight is 269 g/mol. The Morgan fingerprint density at radius 2 is 2.25 bits per heavy atom. The Morgan fingerprint density at radius 1 is 1.40 bits per heavy atom. The molecule has 0 bridgehead atoms. The average Bonchev–Trinajstić information content (AvgIpc) is 2.47. The fourth-order valence-electron chi connectivity index (χ4n) is 2.43. The summed E-state index contributed by atoms with van der Waals surface area (Å²) in [6, 6.07) is 8.43. The third-order valence-corrected chi connectivity index (χ3v) is 3.52. The second-order valence-electron chi connectivity index (χ2n) is 4.76. The molecule has 0 aliphatic heterocycles. The molecule has 0 radical (unpaired) electrons. The van der Waals surface area contributed by atoms with Crippen molar-refractivity contribution in [2.75, 3.05) is 19.0 Å². The number of carbonyl (C=O) groups excluding carboxylic acids is 1. The monoisotopic (exact) mass is 269 g/mol. The SMILES string of the molecule is COC(=O)c1cncc(NCC2Cc3ccccc32)n1. The molecule has 102 valence electrons. The number of nitrogens with one attached hydrogen (secondary N) is 1. The predicted octanol–water partition coefficient (Wildman–Crippen LogP) is 2.01. The van der Waals surface area contributed by atoms with Crippen LogP contribution in [0.25, 0.3) is 0 Å². The summed E-state index contributed by atoms with van der Waals surface area (Å²) in [7, 11) is 1.33. The van der Waals surface area contributed by atoms with E-state index in [2.05, 4.69) is 44.3 Å². The molecule has 1 aliphatic carbocycles. The molecular weight excluding hydrogens is 254 g/mol. The number of anilines is 1. The van der Waals surface area contributed by atoms with Crippen LogP contribution in [0.3, 0.4) is 0 Å². The molecule has 0 spiro atoms. The van der Waals surface area contributed by atoms with Gasteiger partial charge in [0.1, 0.15) is 5.82 Å². The Balaban J connectivity index is 1.64. The minimum atomic E-state index is -0.477. The number of fused-ring (bicyclic) bond motifs is 1. The molecule has 1 atom stereocenters. The summed E-state index contributed by atoms with van der Waals surface area (Å²) in [5.74, 6) is 0.613. The number of hydrogen-bond donors (Lipinski definition) is 1. The fraction of sp³-hybridized carbons (Fsp3) is 0.267. The van der Waals surface area contributed by atoms with Crippen molar-refractivity contribution >= 4 is 11.8 Å². The van der Waals surface area contributed by atoms with Crippen molar-refractivity contribution in [3.63, 3.8) is 0 Å². The van der Waals surface area contributed by atoms with Crippen LogP contribution in [-0.2, 0) is 11.2 Å². The third kappa shape index (κ3) is 2.34. The lowest BCUT2D eigenvalue weighted by Crippen LogP contribution is -2.24. The molecule has 0 saturated heterocycles. The van der Waals surface area contributed by atoms with Gasteiger partial charge in [0.15, 0.2) is 5.69 Å². The van der Waals surface area contributed by atoms with E-state index in [4.69, 9.17) is 0 Å². The van der Waals surface area contributed by atoms with Crippen LogP contribution >= 0.6 is 0 Å². The fourth-order valence-corrected chi connectivity index (χ4v) is 2.43. The number of methoxy groups -OCH3 is 1. The first-order valence-electron chi connectivity index (χ1n) is 6.50. The first-order valence-corrected chi connectivity index (χ1v) is 6.50. The van der Waals surface area contributed by atoms with Crippen LogP contribution in [-0.4, -0.2) is 29.6 Å². The smallest absolute Gasteiger partial charge is 0.358 e. The van der Waals surface area contributed by atoms with Gasteiger partial charge in [-0.1, -0.05) is 24.3 Å². The summed E-state index contributed by atoms with van der Waals surface area (Å²) in [6.45, 7) is 0.788. The van der Waals surface area contributed by atoms with E-state index in [1.165, 1.54) is 24.4 Å². The van der Waals surface area contributed by atoms with Crippen molar-refractivity contribution in [3.8, 4) is 0 Å². The minimum Gasteiger partial charge on any atom is -0.464 e. The highest BCUT2D eigenvalue weighted by Crippen LogP contribution is 2.34. The molecule has 1 aliphatic rings. The zero-order valence-corrected chi connectivity index (χ0v) is 11.2. The van der Waals surface area contributed by atoms with Crippen LogP contribution in [0.2, 0.25) is 0 Å². The molecule has 1 unspecified atom stereocenters. The quantitative estimate of drug-likeness (QED) is 0.860. The van der Waals surface area contributed by atoms with Gasteiger partial charge in [-0.2, -0.15) is 0 Å². The normalized spacial score (nSPS) is 15.9. The lowest BCUT2D eigenvalue weighted by Gasteiger charge is -2.30. The number of nitrogens with zero attached hydrogens (tertiary/aromatic N) is 2. The highest BCUT2D eigenvalue weighted by Gasteiger charge is 2.25. The minimum absolute atomic E-state index is 0.214. The zero-order valence-electron chi connectivity index (χ0n) is 11.2. The van der Waals surface area contributed by atoms with E-state index in [9.17, 15) is 4.79 Å². The van der Waals surface area contributed by atoms with Crippen LogP contribution < -0.4 is 5.32 Å². The van der Waals surface area contributed by atoms with Gasteiger partial charge in [-0.15, -0.1) is 0 Å². The Morgan fingerprint density at radius 3 is 3.05 bits per heavy atom. The maximum Gasteiger partial charge on any atom is 0.358 e. The van der Waals surface area contributed by atoms with Gasteiger partial charge in [-0.3, -0.25) is 4.98 Å². The molecule has 0 amide bonds. The summed E-state index contributed by atoms with van der Waals surface area (Å²) >= 11 is 0. The summed E-state index contributed by atoms with van der Waals surface area (Å²) in [5, 5.41) is 3.23. The molecule has 1 aromatic carbocycles. The molecule has 0 fully saturated rings. The van der Waals surface area contributed by atoms with E-state index in [1.807, 2.05) is 0 Å². The van der Waals surface area contributed by atoms with E-state index in [-0.39, 0.29) is 5.69 Å². The molecule has 0 saturated carbocycles. The second-order valence-corrected chi connectivity index (χ2v) is 4.76. The molecule has 5 heteroatoms. The maximum atomic E-state index is 11.4. The first kappa shape index (κ1) is 12.6. The number of esters is 1. The number of benzene rings is 1. The highest BCUT2D eigenvalue weighted by atomic mass is 16.5. The number of hydrogen-bond acceptors (Lipinski definition) is 5. The number of carbonyl (C=O) groups is 1. The van der Waals surface area contributed by atoms with Gasteiger partial charge in [0.25, 0.3) is 0 Å². The van der Waals surface area contributed by atoms with Crippen molar-refractivity contribution < 1.29 is 9.53 Å². The third-order valence-electron chi connectivity index (χ3n) is 3.52. The van der Waals surface area contributed by atoms with Crippen LogP contribution in [0, 0.1) is 0 Å². The summed E-state index contributed by atoms with van der Waals surface area (Å²) in [6.07, 6.45) is 4.08. The molecule has 20 heavy (non-hydrogen) atoms. The maximum absolute atomic E-state index is 11.4. The van der Waals surface area contributed by atoms with E-state index in [0.717, 1.165) is 13.0 Å². The molecule has 1 N–H and O–H groups in total. The van der Waals surface area contributed by atoms with Gasteiger partial charge in [0.05, 0.1) is 19.5 Å². The summed E-state index contributed by atoms with van der Waals surface area (Å²) in [5.41, 5.74) is 3.01. The van der Waals surface area contributed by atoms with Crippen molar-refractivity contribution in [2.45, 2.75) is 12.3 Å². The highest BCUT2D eigenvalue weighted by molar-refractivity contribution is 5.87. The predicted molar refractivity (Wildman–Crippen MR) is 74.7 cm³/mol. The second kappa shape index (κ2) is 5.28. The Kier molecular flexibility index (Phi) is 3.33. The van der Waals surface area contributed by atoms with Gasteiger partial charge >= 0.3 is 5.97 Å². The molecule has 3 rings (SSSR count). The number of ether oxygens (including phenoxy) is 1. The van der Waals surface area contributed by atoms with E-state index in [1.54, 1.807) is 6.20 Å². The van der Waals surface area contributed by atoms with E-state index < -0.39 is 5.97 Å². The van der Waals surface area contributed by atoms with Crippen LogP contribution in [0.1, 0.15) is 27.5 Å². The van der Waals surface area contributed by atoms with Crippen molar-refractivity contribution in [3.05, 3.63) is 53.5 Å². The molecule has 2 aromatic rings. The Bertz CT molecular complexity index is 643. The van der Waals surface area contributed by atoms with Gasteiger partial charge in [-0.25, -0.2) is 9.78 Å². The zero-order chi connectivity index (χ0) is 13.9. The van der Waals surface area contributed by atoms with Gasteiger partial charge < -0.3 is 10.1 Å². The van der Waals surface area contributed by atoms with Crippen molar-refractivity contribution in [1.82, 2.24) is 9.97 Å². The van der Waals surface area contributed by atoms with Crippen molar-refractivity contribution in [1.29, 1.82) is 0 Å². The lowest BCUT2D eigenvalue weighted by atomic mass is 9.78. The van der Waals surface area contributed by atoms with Gasteiger partial charge in [0.2, 0.25) is 0 Å². The van der Waals surface area contributed by atoms with E-state index in [0.29, 0.717) is 11.7 Å². The van der Waals surface area contributed by atoms with Crippen LogP contribution in [0.15, 0.2) is 36.7 Å². The van der Waals surface area contributed by atoms with Gasteiger partial charge in [0, 0.05) is 12.5 Å². The molecule has 1 aromatic heterocycles. The summed E-state index contributed by atoms with van der Waals surface area (Å²) in [4.78, 5) is 19.6.